The van der Waals surface area contributed by atoms with Gasteiger partial charge in [-0.15, -0.1) is 0 Å². The van der Waals surface area contributed by atoms with Crippen LogP contribution < -0.4 is 4.74 Å². The lowest BCUT2D eigenvalue weighted by Gasteiger charge is -2.12. The Hall–Kier alpha value is -2.20. The quantitative estimate of drug-likeness (QED) is 0.448. The normalized spacial score (nSPS) is 10.8. The number of phenolic OH excluding ortho intramolecular Hbond substituents is 1. The van der Waals surface area contributed by atoms with Gasteiger partial charge in [-0.05, 0) is 59.5 Å². The van der Waals surface area contributed by atoms with Crippen LogP contribution in [0.4, 0.5) is 0 Å². The van der Waals surface area contributed by atoms with Gasteiger partial charge in [-0.25, -0.2) is 0 Å². The number of halogens is 3. The SMILES string of the molecule is CC(=O)COc1cc(Cl)c(Cc2ccc(O)c(Cc3ccc(Cl)cc3)c2)c(Cl)c1. The third-order valence-corrected chi connectivity index (χ3v) is 5.32. The standard InChI is InChI=1S/C23H19Cl3O3/c1-14(27)13-29-19-11-21(25)20(22(26)12-19)10-16-4-7-23(28)17(9-16)8-15-2-5-18(24)6-3-15/h2-7,9,11-12,28H,8,10,13H2,1H3. The summed E-state index contributed by atoms with van der Waals surface area (Å²) in [6.45, 7) is 1.42. The number of rotatable bonds is 7. The lowest BCUT2D eigenvalue weighted by Crippen LogP contribution is -2.06. The molecular formula is C23H19Cl3O3. The monoisotopic (exact) mass is 448 g/mol. The van der Waals surface area contributed by atoms with Gasteiger partial charge in [0, 0.05) is 27.9 Å². The number of aromatic hydroxyl groups is 1. The molecule has 0 aromatic heterocycles. The zero-order chi connectivity index (χ0) is 21.0. The van der Waals surface area contributed by atoms with Crippen LogP contribution in [0, 0.1) is 0 Å². The van der Waals surface area contributed by atoms with Crippen LogP contribution in [0.1, 0.15) is 29.2 Å². The van der Waals surface area contributed by atoms with E-state index in [-0.39, 0.29) is 18.1 Å². The molecule has 0 spiro atoms. The zero-order valence-electron chi connectivity index (χ0n) is 15.7. The van der Waals surface area contributed by atoms with Gasteiger partial charge >= 0.3 is 0 Å². The molecule has 0 saturated heterocycles. The third kappa shape index (κ3) is 5.89. The van der Waals surface area contributed by atoms with Crippen molar-refractivity contribution in [2.75, 3.05) is 6.61 Å². The number of ether oxygens (including phenoxy) is 1. The van der Waals surface area contributed by atoms with Crippen molar-refractivity contribution in [1.82, 2.24) is 0 Å². The molecular weight excluding hydrogens is 431 g/mol. The Kier molecular flexibility index (Phi) is 7.07. The molecule has 0 amide bonds. The summed E-state index contributed by atoms with van der Waals surface area (Å²) in [6, 6.07) is 16.3. The predicted molar refractivity (Wildman–Crippen MR) is 118 cm³/mol. The van der Waals surface area contributed by atoms with E-state index in [0.717, 1.165) is 22.3 Å². The van der Waals surface area contributed by atoms with Crippen molar-refractivity contribution >= 4 is 40.6 Å². The number of hydrogen-bond acceptors (Lipinski definition) is 3. The number of hydrogen-bond donors (Lipinski definition) is 1. The number of carbonyl (C=O) groups is 1. The second-order valence-corrected chi connectivity index (χ2v) is 8.05. The molecule has 6 heteroatoms. The first-order valence-electron chi connectivity index (χ1n) is 8.97. The first kappa shape index (κ1) is 21.5. The highest BCUT2D eigenvalue weighted by atomic mass is 35.5. The van der Waals surface area contributed by atoms with Gasteiger partial charge in [-0.2, -0.15) is 0 Å². The lowest BCUT2D eigenvalue weighted by molar-refractivity contribution is -0.118. The van der Waals surface area contributed by atoms with Crippen molar-refractivity contribution in [3.8, 4) is 11.5 Å². The highest BCUT2D eigenvalue weighted by molar-refractivity contribution is 6.36. The van der Waals surface area contributed by atoms with Gasteiger partial charge in [0.05, 0.1) is 0 Å². The fourth-order valence-electron chi connectivity index (χ4n) is 2.93. The molecule has 0 atom stereocenters. The molecule has 150 valence electrons. The second kappa shape index (κ2) is 9.53. The molecule has 0 aliphatic carbocycles. The van der Waals surface area contributed by atoms with Crippen molar-refractivity contribution < 1.29 is 14.6 Å². The summed E-state index contributed by atoms with van der Waals surface area (Å²) in [4.78, 5) is 11.1. The topological polar surface area (TPSA) is 46.5 Å². The predicted octanol–water partition coefficient (Wildman–Crippen LogP) is 6.50. The van der Waals surface area contributed by atoms with Crippen LogP contribution in [0.3, 0.4) is 0 Å². The maximum atomic E-state index is 11.1. The lowest BCUT2D eigenvalue weighted by atomic mass is 9.98. The van der Waals surface area contributed by atoms with Crippen molar-refractivity contribution in [3.05, 3.63) is 91.9 Å². The molecule has 3 aromatic carbocycles. The number of benzene rings is 3. The van der Waals surface area contributed by atoms with Crippen LogP contribution in [-0.2, 0) is 17.6 Å². The number of ketones is 1. The molecule has 0 unspecified atom stereocenters. The van der Waals surface area contributed by atoms with Crippen LogP contribution in [0.5, 0.6) is 11.5 Å². The minimum Gasteiger partial charge on any atom is -0.508 e. The Balaban J connectivity index is 1.81. The molecule has 3 rings (SSSR count). The van der Waals surface area contributed by atoms with E-state index in [1.165, 1.54) is 6.92 Å². The highest BCUT2D eigenvalue weighted by Crippen LogP contribution is 2.33. The van der Waals surface area contributed by atoms with Crippen molar-refractivity contribution in [2.45, 2.75) is 19.8 Å². The molecule has 0 aliphatic heterocycles. The van der Waals surface area contributed by atoms with Crippen LogP contribution in [0.2, 0.25) is 15.1 Å². The fourth-order valence-corrected chi connectivity index (χ4v) is 3.66. The van der Waals surface area contributed by atoms with Gasteiger partial charge in [0.1, 0.15) is 18.1 Å². The maximum Gasteiger partial charge on any atom is 0.167 e. The van der Waals surface area contributed by atoms with Gasteiger partial charge < -0.3 is 9.84 Å². The van der Waals surface area contributed by atoms with Crippen LogP contribution in [0.25, 0.3) is 0 Å². The molecule has 0 bridgehead atoms. The number of carbonyl (C=O) groups excluding carboxylic acids is 1. The summed E-state index contributed by atoms with van der Waals surface area (Å²) in [5.74, 6) is 0.598. The first-order valence-corrected chi connectivity index (χ1v) is 10.1. The van der Waals surface area contributed by atoms with E-state index in [4.69, 9.17) is 39.5 Å². The minimum atomic E-state index is -0.0846. The Morgan fingerprint density at radius 3 is 2.14 bits per heavy atom. The minimum absolute atomic E-state index is 0.0297. The molecule has 3 aromatic rings. The van der Waals surface area contributed by atoms with E-state index in [1.54, 1.807) is 18.2 Å². The Morgan fingerprint density at radius 1 is 0.897 bits per heavy atom. The summed E-state index contributed by atoms with van der Waals surface area (Å²) in [6.07, 6.45) is 1.08. The molecule has 0 aliphatic rings. The van der Waals surface area contributed by atoms with Gasteiger partial charge in [0.25, 0.3) is 0 Å². The fraction of sp³-hybridized carbons (Fsp3) is 0.174. The maximum absolute atomic E-state index is 11.1. The Labute approximate surface area is 184 Å². The molecule has 0 heterocycles. The summed E-state index contributed by atoms with van der Waals surface area (Å²) in [7, 11) is 0. The van der Waals surface area contributed by atoms with E-state index in [2.05, 4.69) is 0 Å². The third-order valence-electron chi connectivity index (χ3n) is 4.39. The second-order valence-electron chi connectivity index (χ2n) is 6.80. The molecule has 0 saturated carbocycles. The van der Waals surface area contributed by atoms with E-state index < -0.39 is 0 Å². The van der Waals surface area contributed by atoms with E-state index >= 15 is 0 Å². The van der Waals surface area contributed by atoms with Gasteiger partial charge in [-0.3, -0.25) is 4.79 Å². The first-order chi connectivity index (χ1) is 13.8. The molecule has 29 heavy (non-hydrogen) atoms. The highest BCUT2D eigenvalue weighted by Gasteiger charge is 2.12. The smallest absolute Gasteiger partial charge is 0.167 e. The van der Waals surface area contributed by atoms with Gasteiger partial charge in [0.2, 0.25) is 0 Å². The number of phenols is 1. The largest absolute Gasteiger partial charge is 0.508 e. The van der Waals surface area contributed by atoms with E-state index in [9.17, 15) is 9.90 Å². The zero-order valence-corrected chi connectivity index (χ0v) is 18.0. The van der Waals surface area contributed by atoms with Crippen molar-refractivity contribution in [2.24, 2.45) is 0 Å². The summed E-state index contributed by atoms with van der Waals surface area (Å²) in [5.41, 5.74) is 3.57. The van der Waals surface area contributed by atoms with Crippen LogP contribution in [-0.4, -0.2) is 17.5 Å². The molecule has 3 nitrogen and oxygen atoms in total. The number of Topliss-reactive ketones (excluding diaryl/α,β-unsaturated/α-hetero) is 1. The average Bonchev–Trinajstić information content (AvgIpc) is 2.67. The van der Waals surface area contributed by atoms with Crippen LogP contribution >= 0.6 is 34.8 Å². The van der Waals surface area contributed by atoms with Crippen molar-refractivity contribution in [3.63, 3.8) is 0 Å². The Bertz CT molecular complexity index is 1010. The summed E-state index contributed by atoms with van der Waals surface area (Å²) >= 11 is 18.7. The molecule has 0 radical (unpaired) electrons. The van der Waals surface area contributed by atoms with Gasteiger partial charge in [-0.1, -0.05) is 59.1 Å². The van der Waals surface area contributed by atoms with E-state index in [0.29, 0.717) is 33.7 Å². The Morgan fingerprint density at radius 2 is 1.52 bits per heavy atom. The average molecular weight is 450 g/mol. The van der Waals surface area contributed by atoms with Crippen molar-refractivity contribution in [1.29, 1.82) is 0 Å². The van der Waals surface area contributed by atoms with Gasteiger partial charge in [0.15, 0.2) is 5.78 Å². The van der Waals surface area contributed by atoms with E-state index in [1.807, 2.05) is 36.4 Å². The molecule has 1 N–H and O–H groups in total. The molecule has 0 fully saturated rings. The summed E-state index contributed by atoms with van der Waals surface area (Å²) < 4.78 is 5.38. The summed E-state index contributed by atoms with van der Waals surface area (Å²) in [5, 5.41) is 11.8. The van der Waals surface area contributed by atoms with Crippen LogP contribution in [0.15, 0.2) is 54.6 Å².